The Labute approximate surface area is 224 Å². The van der Waals surface area contributed by atoms with Crippen molar-refractivity contribution in [1.29, 1.82) is 0 Å². The summed E-state index contributed by atoms with van der Waals surface area (Å²) in [4.78, 5) is 13.8. The predicted molar refractivity (Wildman–Crippen MR) is 141 cm³/mol. The van der Waals surface area contributed by atoms with Gasteiger partial charge in [-0.1, -0.05) is 53.9 Å². The van der Waals surface area contributed by atoms with E-state index in [9.17, 15) is 22.9 Å². The molecule has 0 aromatic heterocycles. The van der Waals surface area contributed by atoms with Crippen LogP contribution in [0.1, 0.15) is 106 Å². The van der Waals surface area contributed by atoms with E-state index in [-0.39, 0.29) is 40.3 Å². The van der Waals surface area contributed by atoms with Crippen molar-refractivity contribution in [2.45, 2.75) is 106 Å². The minimum absolute atomic E-state index is 0.0874. The first-order valence-corrected chi connectivity index (χ1v) is 16.0. The second-order valence-corrected chi connectivity index (χ2v) is 15.7. The zero-order chi connectivity index (χ0) is 27.2. The number of fused-ring (bicyclic) bond motifs is 2. The third kappa shape index (κ3) is 3.61. The van der Waals surface area contributed by atoms with Gasteiger partial charge in [-0.05, 0) is 97.7 Å². The van der Waals surface area contributed by atoms with Crippen molar-refractivity contribution in [3.05, 3.63) is 11.8 Å². The summed E-state index contributed by atoms with van der Waals surface area (Å²) in [6.45, 7) is 13.6. The summed E-state index contributed by atoms with van der Waals surface area (Å²) in [6.07, 6.45) is 12.3. The molecule has 0 aromatic rings. The molecule has 4 fully saturated rings. The summed E-state index contributed by atoms with van der Waals surface area (Å²) < 4.78 is 39.2. The number of ketones is 1. The predicted octanol–water partition coefficient (Wildman–Crippen LogP) is 6.01. The van der Waals surface area contributed by atoms with Crippen LogP contribution in [0.2, 0.25) is 0 Å². The van der Waals surface area contributed by atoms with E-state index in [4.69, 9.17) is 4.18 Å². The molecule has 7 heteroatoms. The fourth-order valence-corrected chi connectivity index (χ4v) is 11.4. The first-order chi connectivity index (χ1) is 17.1. The lowest BCUT2D eigenvalue weighted by atomic mass is 9.42. The number of aliphatic hydroxyl groups is 1. The van der Waals surface area contributed by atoms with E-state index in [0.717, 1.165) is 38.0 Å². The summed E-state index contributed by atoms with van der Waals surface area (Å²) in [5.41, 5.74) is -1.28. The molecular formula is C30H47O6S-. The number of hydrogen-bond acceptors (Lipinski definition) is 6. The highest BCUT2D eigenvalue weighted by Crippen LogP contribution is 2.88. The van der Waals surface area contributed by atoms with E-state index in [2.05, 4.69) is 34.6 Å². The van der Waals surface area contributed by atoms with Crippen LogP contribution in [0.25, 0.3) is 0 Å². The summed E-state index contributed by atoms with van der Waals surface area (Å²) in [6, 6.07) is 0. The van der Waals surface area contributed by atoms with Crippen LogP contribution in [0.15, 0.2) is 11.8 Å². The first kappa shape index (κ1) is 27.6. The number of rotatable bonds is 8. The average Bonchev–Trinajstić information content (AvgIpc) is 3.41. The van der Waals surface area contributed by atoms with Crippen molar-refractivity contribution < 1.29 is 27.1 Å². The smallest absolute Gasteiger partial charge is 0.262 e. The molecule has 5 rings (SSSR count). The second-order valence-electron chi connectivity index (χ2n) is 14.7. The molecule has 0 radical (unpaired) electrons. The highest BCUT2D eigenvalue weighted by Gasteiger charge is 2.85. The van der Waals surface area contributed by atoms with Gasteiger partial charge < -0.3 is 13.8 Å². The highest BCUT2D eigenvalue weighted by molar-refractivity contribution is 7.80. The van der Waals surface area contributed by atoms with E-state index in [0.29, 0.717) is 17.8 Å². The Kier molecular flexibility index (Phi) is 6.38. The fraction of sp³-hybridized carbons (Fsp3) is 0.900. The number of carbonyl (C=O) groups excluding carboxylic acids is 1. The quantitative estimate of drug-likeness (QED) is 0.301. The summed E-state index contributed by atoms with van der Waals surface area (Å²) in [5.74, 6) is 2.14. The van der Waals surface area contributed by atoms with Crippen LogP contribution in [0.5, 0.6) is 0 Å². The summed E-state index contributed by atoms with van der Waals surface area (Å²) in [5, 5.41) is 10.5. The van der Waals surface area contributed by atoms with Crippen LogP contribution in [0.3, 0.4) is 0 Å². The lowest BCUT2D eigenvalue weighted by molar-refractivity contribution is -0.155. The molecule has 6 nitrogen and oxygen atoms in total. The monoisotopic (exact) mass is 535 g/mol. The fourth-order valence-electron chi connectivity index (χ4n) is 11.0. The summed E-state index contributed by atoms with van der Waals surface area (Å²) >= 11 is 0. The SMILES string of the molecule is CC(C)CCC[C@@H](C)[C@H]1CC[C@@]2(C)[C@@H]3CC[C@@H]4[C@]5(C[C@@]35CC[C@]12C)C(=O)C=C(OS(=O)(=O)[O-])[C@@]4(C)CO. The molecule has 5 aliphatic carbocycles. The Morgan fingerprint density at radius 3 is 2.32 bits per heavy atom. The normalized spacial score (nSPS) is 47.4. The molecule has 4 saturated carbocycles. The molecule has 0 saturated heterocycles. The minimum Gasteiger partial charge on any atom is -0.716 e. The Morgan fingerprint density at radius 2 is 1.70 bits per heavy atom. The van der Waals surface area contributed by atoms with E-state index < -0.39 is 21.2 Å². The Hall–Kier alpha value is -0.920. The lowest BCUT2D eigenvalue weighted by Gasteiger charge is -2.62. The maximum atomic E-state index is 13.8. The number of allylic oxidation sites excluding steroid dienone is 1. The zero-order valence-electron chi connectivity index (χ0n) is 23.6. The van der Waals surface area contributed by atoms with Gasteiger partial charge in [0.15, 0.2) is 5.78 Å². The van der Waals surface area contributed by atoms with E-state index in [1.54, 1.807) is 6.92 Å². The molecule has 0 amide bonds. The largest absolute Gasteiger partial charge is 0.716 e. The van der Waals surface area contributed by atoms with Crippen molar-refractivity contribution in [2.24, 2.45) is 56.7 Å². The van der Waals surface area contributed by atoms with Gasteiger partial charge in [0, 0.05) is 11.5 Å². The van der Waals surface area contributed by atoms with E-state index in [1.807, 2.05) is 0 Å². The molecule has 0 aromatic carbocycles. The maximum absolute atomic E-state index is 13.8. The topological polar surface area (TPSA) is 104 Å². The molecule has 9 atom stereocenters. The van der Waals surface area contributed by atoms with Crippen molar-refractivity contribution in [3.63, 3.8) is 0 Å². The molecule has 0 unspecified atom stereocenters. The van der Waals surface area contributed by atoms with E-state index >= 15 is 0 Å². The molecule has 0 bridgehead atoms. The van der Waals surface area contributed by atoms with Crippen molar-refractivity contribution >= 4 is 16.2 Å². The Balaban J connectivity index is 1.46. The van der Waals surface area contributed by atoms with Crippen LogP contribution in [0.4, 0.5) is 0 Å². The Bertz CT molecular complexity index is 1100. The van der Waals surface area contributed by atoms with Crippen LogP contribution in [-0.4, -0.2) is 30.5 Å². The molecule has 37 heavy (non-hydrogen) atoms. The summed E-state index contributed by atoms with van der Waals surface area (Å²) in [7, 11) is -5.03. The van der Waals surface area contributed by atoms with Crippen LogP contribution in [-0.2, 0) is 19.4 Å². The molecule has 0 aliphatic heterocycles. The molecule has 0 heterocycles. The first-order valence-electron chi connectivity index (χ1n) is 14.6. The molecule has 210 valence electrons. The lowest BCUT2D eigenvalue weighted by Crippen LogP contribution is -2.58. The van der Waals surface area contributed by atoms with Gasteiger partial charge in [0.05, 0.1) is 12.0 Å². The Morgan fingerprint density at radius 1 is 1.03 bits per heavy atom. The van der Waals surface area contributed by atoms with Gasteiger partial charge in [-0.2, -0.15) is 0 Å². The van der Waals surface area contributed by atoms with Crippen LogP contribution in [0, 0.1) is 56.7 Å². The van der Waals surface area contributed by atoms with E-state index in [1.165, 1.54) is 38.2 Å². The van der Waals surface area contributed by atoms with Gasteiger partial charge in [0.25, 0.3) is 10.4 Å². The minimum atomic E-state index is -5.03. The standard InChI is InChI=1S/C30H48O6S/c1-19(2)8-7-9-20(3)21-12-13-28(6)23-11-10-22-26(4,18-31)25(36-37(33,34)35)16-24(32)30(22)17-29(23,30)15-14-27(21,28)5/h16,19-23,31H,7-15,17-18H2,1-6H3,(H,33,34,35)/p-1/t20-,21-,22+,23+,26+,27-,28+,29+,30-/m1/s1. The van der Waals surface area contributed by atoms with Crippen molar-refractivity contribution in [2.75, 3.05) is 6.61 Å². The molecular weight excluding hydrogens is 488 g/mol. The molecule has 5 aliphatic rings. The number of aliphatic hydroxyl groups excluding tert-OH is 1. The van der Waals surface area contributed by atoms with Crippen LogP contribution < -0.4 is 0 Å². The van der Waals surface area contributed by atoms with Gasteiger partial charge >= 0.3 is 0 Å². The zero-order valence-corrected chi connectivity index (χ0v) is 24.5. The van der Waals surface area contributed by atoms with Gasteiger partial charge in [-0.3, -0.25) is 4.79 Å². The highest BCUT2D eigenvalue weighted by atomic mass is 32.3. The molecule has 1 N–H and O–H groups in total. The number of carbonyl (C=O) groups is 1. The maximum Gasteiger partial charge on any atom is 0.262 e. The van der Waals surface area contributed by atoms with Gasteiger partial charge in [0.1, 0.15) is 5.76 Å². The van der Waals surface area contributed by atoms with Gasteiger partial charge in [0.2, 0.25) is 0 Å². The van der Waals surface area contributed by atoms with Gasteiger partial charge in [-0.25, -0.2) is 8.42 Å². The second kappa shape index (κ2) is 8.54. The van der Waals surface area contributed by atoms with Crippen molar-refractivity contribution in [3.8, 4) is 0 Å². The van der Waals surface area contributed by atoms with Crippen LogP contribution >= 0.6 is 0 Å². The van der Waals surface area contributed by atoms with Crippen molar-refractivity contribution in [1.82, 2.24) is 0 Å². The van der Waals surface area contributed by atoms with Gasteiger partial charge in [-0.15, -0.1) is 0 Å². The molecule has 2 spiro atoms. The third-order valence-corrected chi connectivity index (χ3v) is 13.4. The number of hydrogen-bond donors (Lipinski definition) is 1. The average molecular weight is 536 g/mol. The third-order valence-electron chi connectivity index (χ3n) is 13.0.